The Morgan fingerprint density at radius 1 is 1.39 bits per heavy atom. The largest absolute Gasteiger partial charge is 0.504 e. The summed E-state index contributed by atoms with van der Waals surface area (Å²) in [5.41, 5.74) is 1.84. The van der Waals surface area contributed by atoms with Gasteiger partial charge >= 0.3 is 5.97 Å². The van der Waals surface area contributed by atoms with E-state index in [4.69, 9.17) is 9.84 Å². The molecule has 4 nitrogen and oxygen atoms in total. The van der Waals surface area contributed by atoms with Crippen LogP contribution in [0, 0.1) is 13.8 Å². The molecule has 0 bridgehead atoms. The van der Waals surface area contributed by atoms with E-state index in [9.17, 15) is 9.90 Å². The standard InChI is InChI=1S/C14H20O4/c1-8-6-10(14(3,4)7-11(15)16)9(2)13(18-5)12(8)17/h6,17H,7H2,1-5H3,(H,15,16). The van der Waals surface area contributed by atoms with Gasteiger partial charge in [-0.15, -0.1) is 0 Å². The molecule has 18 heavy (non-hydrogen) atoms. The lowest BCUT2D eigenvalue weighted by Crippen LogP contribution is -2.23. The van der Waals surface area contributed by atoms with Crippen molar-refractivity contribution in [3.05, 3.63) is 22.8 Å². The van der Waals surface area contributed by atoms with Gasteiger partial charge in [0.25, 0.3) is 0 Å². The first-order valence-corrected chi connectivity index (χ1v) is 5.80. The lowest BCUT2D eigenvalue weighted by atomic mass is 9.78. The third kappa shape index (κ3) is 2.58. The summed E-state index contributed by atoms with van der Waals surface area (Å²) < 4.78 is 5.20. The van der Waals surface area contributed by atoms with Crippen LogP contribution >= 0.6 is 0 Å². The maximum Gasteiger partial charge on any atom is 0.304 e. The van der Waals surface area contributed by atoms with Gasteiger partial charge in [0.15, 0.2) is 11.5 Å². The second-order valence-corrected chi connectivity index (χ2v) is 5.20. The summed E-state index contributed by atoms with van der Waals surface area (Å²) in [7, 11) is 1.50. The minimum atomic E-state index is -0.843. The van der Waals surface area contributed by atoms with Crippen molar-refractivity contribution in [3.63, 3.8) is 0 Å². The summed E-state index contributed by atoms with van der Waals surface area (Å²) in [6.45, 7) is 7.35. The van der Waals surface area contributed by atoms with Crippen molar-refractivity contribution < 1.29 is 19.7 Å². The SMILES string of the molecule is COc1c(C)c(C(C)(C)CC(=O)O)cc(C)c1O. The van der Waals surface area contributed by atoms with Gasteiger partial charge in [-0.3, -0.25) is 4.79 Å². The molecule has 0 spiro atoms. The summed E-state index contributed by atoms with van der Waals surface area (Å²) in [6, 6.07) is 1.83. The number of hydrogen-bond acceptors (Lipinski definition) is 3. The number of rotatable bonds is 4. The van der Waals surface area contributed by atoms with Crippen LogP contribution in [0.5, 0.6) is 11.5 Å². The smallest absolute Gasteiger partial charge is 0.304 e. The molecule has 0 fully saturated rings. The Morgan fingerprint density at radius 3 is 2.39 bits per heavy atom. The first-order valence-electron chi connectivity index (χ1n) is 5.80. The van der Waals surface area contributed by atoms with Crippen LogP contribution in [-0.2, 0) is 10.2 Å². The van der Waals surface area contributed by atoms with E-state index in [1.807, 2.05) is 26.8 Å². The Bertz CT molecular complexity index is 475. The second kappa shape index (κ2) is 4.88. The molecule has 0 saturated heterocycles. The molecule has 0 aliphatic heterocycles. The van der Waals surface area contributed by atoms with Crippen molar-refractivity contribution in [1.82, 2.24) is 0 Å². The fourth-order valence-electron chi connectivity index (χ4n) is 2.30. The minimum absolute atomic E-state index is 0.0290. The Kier molecular flexibility index (Phi) is 3.89. The summed E-state index contributed by atoms with van der Waals surface area (Å²) in [4.78, 5) is 10.9. The molecule has 0 amide bonds. The van der Waals surface area contributed by atoms with Crippen LogP contribution in [-0.4, -0.2) is 23.3 Å². The van der Waals surface area contributed by atoms with Gasteiger partial charge in [0.05, 0.1) is 13.5 Å². The highest BCUT2D eigenvalue weighted by Gasteiger charge is 2.28. The molecular weight excluding hydrogens is 232 g/mol. The van der Waals surface area contributed by atoms with Gasteiger partial charge in [0.1, 0.15) is 0 Å². The van der Waals surface area contributed by atoms with Crippen LogP contribution in [0.25, 0.3) is 0 Å². The number of carboxylic acid groups (broad SMARTS) is 1. The predicted molar refractivity (Wildman–Crippen MR) is 69.4 cm³/mol. The number of ether oxygens (including phenoxy) is 1. The van der Waals surface area contributed by atoms with Gasteiger partial charge in [-0.1, -0.05) is 19.9 Å². The summed E-state index contributed by atoms with van der Waals surface area (Å²) in [6.07, 6.45) is 0.0290. The lowest BCUT2D eigenvalue weighted by molar-refractivity contribution is -0.138. The Morgan fingerprint density at radius 2 is 1.94 bits per heavy atom. The second-order valence-electron chi connectivity index (χ2n) is 5.20. The summed E-state index contributed by atoms with van der Waals surface area (Å²) in [5.74, 6) is -0.308. The third-order valence-electron chi connectivity index (χ3n) is 3.22. The maximum atomic E-state index is 10.9. The zero-order valence-electron chi connectivity index (χ0n) is 11.5. The first kappa shape index (κ1) is 14.4. The van der Waals surface area contributed by atoms with E-state index in [0.717, 1.165) is 11.1 Å². The lowest BCUT2D eigenvalue weighted by Gasteiger charge is -2.27. The van der Waals surface area contributed by atoms with Crippen LogP contribution in [0.15, 0.2) is 6.07 Å². The van der Waals surface area contributed by atoms with E-state index in [0.29, 0.717) is 11.3 Å². The summed E-state index contributed by atoms with van der Waals surface area (Å²) in [5, 5.41) is 18.9. The average Bonchev–Trinajstić information content (AvgIpc) is 2.22. The molecule has 0 unspecified atom stereocenters. The molecular formula is C14H20O4. The van der Waals surface area contributed by atoms with Gasteiger partial charge in [-0.25, -0.2) is 0 Å². The van der Waals surface area contributed by atoms with Crippen LogP contribution in [0.2, 0.25) is 0 Å². The molecule has 1 aromatic rings. The zero-order chi connectivity index (χ0) is 14.1. The fourth-order valence-corrected chi connectivity index (χ4v) is 2.30. The molecule has 0 saturated carbocycles. The van der Waals surface area contributed by atoms with Crippen LogP contribution < -0.4 is 4.74 Å². The predicted octanol–water partition coefficient (Wildman–Crippen LogP) is 2.77. The van der Waals surface area contributed by atoms with Crippen molar-refractivity contribution in [3.8, 4) is 11.5 Å². The van der Waals surface area contributed by atoms with Crippen molar-refractivity contribution in [2.75, 3.05) is 7.11 Å². The molecule has 0 aliphatic carbocycles. The highest BCUT2D eigenvalue weighted by Crippen LogP contribution is 2.40. The Balaban J connectivity index is 3.42. The normalized spacial score (nSPS) is 11.4. The topological polar surface area (TPSA) is 66.8 Å². The number of carbonyl (C=O) groups is 1. The minimum Gasteiger partial charge on any atom is -0.504 e. The van der Waals surface area contributed by atoms with Crippen molar-refractivity contribution in [1.29, 1.82) is 0 Å². The zero-order valence-corrected chi connectivity index (χ0v) is 11.5. The molecule has 0 aromatic heterocycles. The average molecular weight is 252 g/mol. The van der Waals surface area contributed by atoms with E-state index in [-0.39, 0.29) is 12.2 Å². The number of aryl methyl sites for hydroxylation is 1. The highest BCUT2D eigenvalue weighted by atomic mass is 16.5. The van der Waals surface area contributed by atoms with Crippen molar-refractivity contribution >= 4 is 5.97 Å². The van der Waals surface area contributed by atoms with Crippen molar-refractivity contribution in [2.45, 2.75) is 39.5 Å². The van der Waals surface area contributed by atoms with E-state index >= 15 is 0 Å². The van der Waals surface area contributed by atoms with Gasteiger partial charge in [0.2, 0.25) is 0 Å². The summed E-state index contributed by atoms with van der Waals surface area (Å²) >= 11 is 0. The number of aliphatic carboxylic acids is 1. The number of benzene rings is 1. The third-order valence-corrected chi connectivity index (χ3v) is 3.22. The molecule has 100 valence electrons. The van der Waals surface area contributed by atoms with E-state index in [1.165, 1.54) is 7.11 Å². The molecule has 1 aromatic carbocycles. The number of carboxylic acids is 1. The molecule has 0 radical (unpaired) electrons. The highest BCUT2D eigenvalue weighted by molar-refractivity contribution is 5.69. The molecule has 1 rings (SSSR count). The van der Waals surface area contributed by atoms with Crippen LogP contribution in [0.3, 0.4) is 0 Å². The first-order chi connectivity index (χ1) is 8.20. The molecule has 4 heteroatoms. The van der Waals surface area contributed by atoms with Crippen LogP contribution in [0.1, 0.15) is 37.0 Å². The Hall–Kier alpha value is -1.71. The molecule has 0 aliphatic rings. The molecule has 0 heterocycles. The van der Waals surface area contributed by atoms with Gasteiger partial charge in [0, 0.05) is 5.41 Å². The van der Waals surface area contributed by atoms with E-state index in [2.05, 4.69) is 0 Å². The number of aromatic hydroxyl groups is 1. The maximum absolute atomic E-state index is 10.9. The number of methoxy groups -OCH3 is 1. The van der Waals surface area contributed by atoms with Gasteiger partial charge in [-0.05, 0) is 30.5 Å². The monoisotopic (exact) mass is 252 g/mol. The number of hydrogen-bond donors (Lipinski definition) is 2. The van der Waals surface area contributed by atoms with Crippen LogP contribution in [0.4, 0.5) is 0 Å². The Labute approximate surface area is 107 Å². The number of phenolic OH excluding ortho intramolecular Hbond substituents is 1. The quantitative estimate of drug-likeness (QED) is 0.864. The van der Waals surface area contributed by atoms with E-state index in [1.54, 1.807) is 6.92 Å². The van der Waals surface area contributed by atoms with Crippen molar-refractivity contribution in [2.24, 2.45) is 0 Å². The molecule has 2 N–H and O–H groups in total. The number of phenols is 1. The van der Waals surface area contributed by atoms with Gasteiger partial charge < -0.3 is 14.9 Å². The molecule has 0 atom stereocenters. The van der Waals surface area contributed by atoms with Gasteiger partial charge in [-0.2, -0.15) is 0 Å². The fraction of sp³-hybridized carbons (Fsp3) is 0.500. The van der Waals surface area contributed by atoms with E-state index < -0.39 is 11.4 Å².